The van der Waals surface area contributed by atoms with Crippen molar-refractivity contribution in [3.63, 3.8) is 0 Å². The number of aliphatic hydroxyl groups excluding tert-OH is 1. The van der Waals surface area contributed by atoms with E-state index in [-0.39, 0.29) is 17.0 Å². The predicted octanol–water partition coefficient (Wildman–Crippen LogP) is 3.36. The van der Waals surface area contributed by atoms with Gasteiger partial charge in [-0.05, 0) is 49.6 Å². The second-order valence-electron chi connectivity index (χ2n) is 8.97. The molecule has 9 nitrogen and oxygen atoms in total. The molecule has 1 atom stereocenters. The van der Waals surface area contributed by atoms with E-state index in [1.54, 1.807) is 18.2 Å². The highest BCUT2D eigenvalue weighted by Gasteiger charge is 2.46. The van der Waals surface area contributed by atoms with Crippen LogP contribution < -0.4 is 0 Å². The van der Waals surface area contributed by atoms with Crippen molar-refractivity contribution in [2.24, 2.45) is 0 Å². The van der Waals surface area contributed by atoms with Crippen LogP contribution in [0, 0.1) is 24.0 Å². The first kappa shape index (κ1) is 24.6. The number of ether oxygens (including phenoxy) is 1. The Morgan fingerprint density at radius 1 is 1.09 bits per heavy atom. The zero-order valence-electron chi connectivity index (χ0n) is 19.9. The van der Waals surface area contributed by atoms with Gasteiger partial charge in [0.15, 0.2) is 0 Å². The molecule has 0 bridgehead atoms. The summed E-state index contributed by atoms with van der Waals surface area (Å²) in [6.07, 6.45) is 0.639. The molecule has 4 rings (SSSR count). The number of aliphatic hydroxyl groups is 1. The van der Waals surface area contributed by atoms with Gasteiger partial charge in [-0.2, -0.15) is 0 Å². The molecule has 2 saturated heterocycles. The fourth-order valence-corrected chi connectivity index (χ4v) is 4.66. The summed E-state index contributed by atoms with van der Waals surface area (Å²) in [5, 5.41) is 22.4. The number of nitrogens with zero attached hydrogens (tertiary/aromatic N) is 3. The molecule has 1 amide bonds. The minimum absolute atomic E-state index is 0.00363. The number of nitro benzene ring substituents is 1. The number of aryl methyl sites for hydroxylation is 2. The molecule has 0 aliphatic carbocycles. The fraction of sp³-hybridized carbons (Fsp3) is 0.385. The zero-order chi connectivity index (χ0) is 25.1. The summed E-state index contributed by atoms with van der Waals surface area (Å²) < 4.78 is 5.38. The first-order valence-corrected chi connectivity index (χ1v) is 11.7. The number of nitro groups is 1. The van der Waals surface area contributed by atoms with Gasteiger partial charge in [0.25, 0.3) is 17.4 Å². The molecule has 2 fully saturated rings. The fourth-order valence-electron chi connectivity index (χ4n) is 4.66. The van der Waals surface area contributed by atoms with Gasteiger partial charge >= 0.3 is 0 Å². The number of rotatable bonds is 7. The van der Waals surface area contributed by atoms with E-state index in [2.05, 4.69) is 4.90 Å². The predicted molar refractivity (Wildman–Crippen MR) is 130 cm³/mol. The number of hydrogen-bond acceptors (Lipinski definition) is 7. The lowest BCUT2D eigenvalue weighted by Gasteiger charge is -2.29. The molecular formula is C26H29N3O6. The van der Waals surface area contributed by atoms with E-state index in [0.717, 1.165) is 30.8 Å². The first-order valence-electron chi connectivity index (χ1n) is 11.7. The number of morpholine rings is 1. The topological polar surface area (TPSA) is 113 Å². The van der Waals surface area contributed by atoms with Crippen LogP contribution in [0.3, 0.4) is 0 Å². The van der Waals surface area contributed by atoms with E-state index in [4.69, 9.17) is 4.74 Å². The Balaban J connectivity index is 1.72. The van der Waals surface area contributed by atoms with Crippen LogP contribution >= 0.6 is 0 Å². The number of carbonyl (C=O) groups excluding carboxylic acids is 2. The quantitative estimate of drug-likeness (QED) is 0.213. The van der Waals surface area contributed by atoms with Gasteiger partial charge in [-0.1, -0.05) is 17.7 Å². The average molecular weight is 480 g/mol. The van der Waals surface area contributed by atoms with Crippen LogP contribution in [-0.4, -0.2) is 70.9 Å². The molecule has 0 aromatic heterocycles. The number of likely N-dealkylation sites (tertiary alicyclic amines) is 1. The van der Waals surface area contributed by atoms with Crippen molar-refractivity contribution in [2.45, 2.75) is 26.3 Å². The third-order valence-electron chi connectivity index (χ3n) is 6.58. The smallest absolute Gasteiger partial charge is 0.295 e. The van der Waals surface area contributed by atoms with E-state index in [0.29, 0.717) is 37.3 Å². The van der Waals surface area contributed by atoms with Crippen LogP contribution in [0.4, 0.5) is 5.69 Å². The summed E-state index contributed by atoms with van der Waals surface area (Å²) in [6.45, 7) is 7.74. The van der Waals surface area contributed by atoms with Gasteiger partial charge in [0.2, 0.25) is 0 Å². The van der Waals surface area contributed by atoms with Crippen molar-refractivity contribution in [3.8, 4) is 0 Å². The third-order valence-corrected chi connectivity index (χ3v) is 6.58. The summed E-state index contributed by atoms with van der Waals surface area (Å²) in [4.78, 5) is 40.7. The maximum Gasteiger partial charge on any atom is 0.295 e. The van der Waals surface area contributed by atoms with Crippen LogP contribution in [0.5, 0.6) is 0 Å². The molecule has 2 aliphatic heterocycles. The number of Topliss-reactive ketones (excluding diaryl/α,β-unsaturated/α-hetero) is 1. The van der Waals surface area contributed by atoms with Gasteiger partial charge in [-0.25, -0.2) is 0 Å². The number of carbonyl (C=O) groups is 2. The lowest BCUT2D eigenvalue weighted by molar-refractivity contribution is -0.384. The van der Waals surface area contributed by atoms with E-state index in [1.165, 1.54) is 17.0 Å². The maximum atomic E-state index is 13.2. The van der Waals surface area contributed by atoms with Gasteiger partial charge < -0.3 is 14.7 Å². The van der Waals surface area contributed by atoms with Gasteiger partial charge in [0.1, 0.15) is 5.76 Å². The third kappa shape index (κ3) is 5.11. The largest absolute Gasteiger partial charge is 0.507 e. The second kappa shape index (κ2) is 10.4. The number of ketones is 1. The van der Waals surface area contributed by atoms with Gasteiger partial charge in [0.05, 0.1) is 29.8 Å². The van der Waals surface area contributed by atoms with E-state index < -0.39 is 22.7 Å². The van der Waals surface area contributed by atoms with Crippen molar-refractivity contribution in [2.75, 3.05) is 39.4 Å². The zero-order valence-corrected chi connectivity index (χ0v) is 19.9. The molecular weight excluding hydrogens is 450 g/mol. The van der Waals surface area contributed by atoms with Gasteiger partial charge in [0, 0.05) is 43.9 Å². The first-order chi connectivity index (χ1) is 16.8. The van der Waals surface area contributed by atoms with Crippen molar-refractivity contribution < 1.29 is 24.4 Å². The minimum Gasteiger partial charge on any atom is -0.507 e. The molecule has 0 spiro atoms. The molecule has 0 unspecified atom stereocenters. The molecule has 2 aliphatic rings. The van der Waals surface area contributed by atoms with Crippen LogP contribution in [0.1, 0.15) is 34.7 Å². The lowest BCUT2D eigenvalue weighted by Crippen LogP contribution is -2.38. The summed E-state index contributed by atoms with van der Waals surface area (Å²) in [5.74, 6) is -1.66. The Hall–Kier alpha value is -3.56. The highest BCUT2D eigenvalue weighted by molar-refractivity contribution is 6.46. The molecule has 2 heterocycles. The van der Waals surface area contributed by atoms with E-state index in [9.17, 15) is 24.8 Å². The Labute approximate surface area is 203 Å². The highest BCUT2D eigenvalue weighted by Crippen LogP contribution is 2.40. The average Bonchev–Trinajstić information content (AvgIpc) is 3.11. The van der Waals surface area contributed by atoms with Crippen LogP contribution in [-0.2, 0) is 14.3 Å². The number of non-ortho nitro benzene ring substituents is 1. The molecule has 9 heteroatoms. The van der Waals surface area contributed by atoms with Gasteiger partial charge in [-0.15, -0.1) is 0 Å². The van der Waals surface area contributed by atoms with Crippen molar-refractivity contribution in [3.05, 3.63) is 80.4 Å². The highest BCUT2D eigenvalue weighted by atomic mass is 16.6. The standard InChI is InChI=1S/C26H29N3O6/c1-17-4-5-18(2)21(16-17)24(30)22-23(19-6-8-20(9-7-19)29(33)34)28(26(32)25(22)31)11-3-10-27-12-14-35-15-13-27/h4-9,16,23,30H,3,10-15H2,1-2H3/t23-/m0/s1. The summed E-state index contributed by atoms with van der Waals surface area (Å²) in [6, 6.07) is 10.5. The molecule has 1 N–H and O–H groups in total. The maximum absolute atomic E-state index is 13.2. The molecule has 2 aromatic rings. The summed E-state index contributed by atoms with van der Waals surface area (Å²) >= 11 is 0. The molecule has 0 radical (unpaired) electrons. The van der Waals surface area contributed by atoms with E-state index >= 15 is 0 Å². The lowest BCUT2D eigenvalue weighted by atomic mass is 9.93. The summed E-state index contributed by atoms with van der Waals surface area (Å²) in [5.41, 5.74) is 2.62. The van der Waals surface area contributed by atoms with Crippen LogP contribution in [0.2, 0.25) is 0 Å². The van der Waals surface area contributed by atoms with Crippen LogP contribution in [0.25, 0.3) is 5.76 Å². The molecule has 0 saturated carbocycles. The molecule has 184 valence electrons. The Morgan fingerprint density at radius 3 is 2.43 bits per heavy atom. The van der Waals surface area contributed by atoms with Gasteiger partial charge in [-0.3, -0.25) is 24.6 Å². The summed E-state index contributed by atoms with van der Waals surface area (Å²) in [7, 11) is 0. The number of hydrogen-bond donors (Lipinski definition) is 1. The Morgan fingerprint density at radius 2 is 1.77 bits per heavy atom. The van der Waals surface area contributed by atoms with Crippen molar-refractivity contribution in [1.82, 2.24) is 9.80 Å². The number of benzene rings is 2. The van der Waals surface area contributed by atoms with E-state index in [1.807, 2.05) is 26.0 Å². The Bertz CT molecular complexity index is 1170. The monoisotopic (exact) mass is 479 g/mol. The van der Waals surface area contributed by atoms with Crippen molar-refractivity contribution >= 4 is 23.1 Å². The molecule has 2 aromatic carbocycles. The molecule has 35 heavy (non-hydrogen) atoms. The second-order valence-corrected chi connectivity index (χ2v) is 8.97. The normalized spacial score (nSPS) is 20.4. The number of amides is 1. The van der Waals surface area contributed by atoms with Crippen LogP contribution in [0.15, 0.2) is 48.0 Å². The minimum atomic E-state index is -0.833. The SMILES string of the molecule is Cc1ccc(C)c(C(O)=C2C(=O)C(=O)N(CCCN3CCOCC3)[C@H]2c2ccc([N+](=O)[O-])cc2)c1. The van der Waals surface area contributed by atoms with Crippen molar-refractivity contribution in [1.29, 1.82) is 0 Å². The Kier molecular flexibility index (Phi) is 7.28.